The number of carbonyl (C=O) groups excluding carboxylic acids is 3. The minimum atomic E-state index is -1.01. The van der Waals surface area contributed by atoms with Gasteiger partial charge in [0.2, 0.25) is 5.91 Å². The molecule has 2 heterocycles. The van der Waals surface area contributed by atoms with Gasteiger partial charge in [0.25, 0.3) is 5.88 Å². The number of amides is 2. The van der Waals surface area contributed by atoms with Gasteiger partial charge in [0, 0.05) is 17.9 Å². The first kappa shape index (κ1) is 36.2. The first-order valence-corrected chi connectivity index (χ1v) is 16.6. The van der Waals surface area contributed by atoms with Crippen molar-refractivity contribution in [2.75, 3.05) is 13.7 Å². The zero-order chi connectivity index (χ0) is 34.9. The molecule has 0 bridgehead atoms. The molecule has 1 saturated heterocycles. The largest absolute Gasteiger partial charge is 0.497 e. The fourth-order valence-corrected chi connectivity index (χ4v) is 6.38. The Morgan fingerprint density at radius 2 is 1.87 bits per heavy atom. The van der Waals surface area contributed by atoms with Crippen molar-refractivity contribution in [1.82, 2.24) is 20.2 Å². The number of hydrogen-bond donors (Lipinski definition) is 1. The number of fused-ring (bicyclic) bond motifs is 1. The number of nitrogens with one attached hydrogen (secondary N) is 1. The molecule has 2 amide bonds. The van der Waals surface area contributed by atoms with Gasteiger partial charge in [0.15, 0.2) is 5.15 Å². The molecule has 2 fully saturated rings. The van der Waals surface area contributed by atoms with Crippen molar-refractivity contribution in [3.63, 3.8) is 0 Å². The lowest BCUT2D eigenvalue weighted by Gasteiger charge is -2.36. The number of halogens is 1. The topological polar surface area (TPSA) is 129 Å². The van der Waals surface area contributed by atoms with Crippen LogP contribution in [0, 0.1) is 17.3 Å². The molecule has 0 spiro atoms. The van der Waals surface area contributed by atoms with Gasteiger partial charge in [0.1, 0.15) is 35.1 Å². The molecule has 1 N–H and O–H groups in total. The number of nitrogens with zero attached hydrogens (tertiary/aromatic N) is 3. The number of allylic oxidation sites excluding steroid dienone is 1. The maximum absolute atomic E-state index is 14.4. The van der Waals surface area contributed by atoms with Crippen LogP contribution >= 0.6 is 11.6 Å². The van der Waals surface area contributed by atoms with E-state index in [1.165, 1.54) is 4.90 Å². The highest BCUT2D eigenvalue weighted by molar-refractivity contribution is 6.31. The zero-order valence-corrected chi connectivity index (χ0v) is 29.8. The number of esters is 1. The molecule has 47 heavy (non-hydrogen) atoms. The Morgan fingerprint density at radius 3 is 2.47 bits per heavy atom. The van der Waals surface area contributed by atoms with E-state index in [0.29, 0.717) is 23.2 Å². The van der Waals surface area contributed by atoms with Crippen LogP contribution in [0.2, 0.25) is 5.15 Å². The average molecular weight is 673 g/mol. The van der Waals surface area contributed by atoms with Crippen molar-refractivity contribution in [2.45, 2.75) is 110 Å². The Morgan fingerprint density at radius 1 is 1.17 bits per heavy atom. The summed E-state index contributed by atoms with van der Waals surface area (Å²) < 4.78 is 23.4. The minimum absolute atomic E-state index is 0.0178. The van der Waals surface area contributed by atoms with E-state index in [4.69, 9.17) is 30.5 Å². The van der Waals surface area contributed by atoms with Crippen LogP contribution in [-0.2, 0) is 19.1 Å². The summed E-state index contributed by atoms with van der Waals surface area (Å²) >= 11 is 6.50. The molecule has 11 nitrogen and oxygen atoms in total. The van der Waals surface area contributed by atoms with Gasteiger partial charge in [-0.3, -0.25) is 4.79 Å². The molecule has 2 aliphatic rings. The van der Waals surface area contributed by atoms with Gasteiger partial charge in [0.05, 0.1) is 24.7 Å². The summed E-state index contributed by atoms with van der Waals surface area (Å²) in [6, 6.07) is 3.20. The van der Waals surface area contributed by atoms with Crippen molar-refractivity contribution >= 4 is 40.6 Å². The quantitative estimate of drug-likeness (QED) is 0.210. The van der Waals surface area contributed by atoms with E-state index in [1.54, 1.807) is 46.1 Å². The van der Waals surface area contributed by atoms with Crippen molar-refractivity contribution in [2.24, 2.45) is 17.3 Å². The van der Waals surface area contributed by atoms with Gasteiger partial charge in [-0.1, -0.05) is 52.3 Å². The van der Waals surface area contributed by atoms with E-state index < -0.39 is 58.7 Å². The maximum atomic E-state index is 14.4. The average Bonchev–Trinajstić information content (AvgIpc) is 3.57. The Balaban J connectivity index is 1.61. The molecule has 1 unspecified atom stereocenters. The van der Waals surface area contributed by atoms with E-state index in [0.717, 1.165) is 19.3 Å². The summed E-state index contributed by atoms with van der Waals surface area (Å²) in [4.78, 5) is 51.9. The third kappa shape index (κ3) is 8.28. The van der Waals surface area contributed by atoms with Crippen LogP contribution in [0.4, 0.5) is 4.79 Å². The number of likely N-dealkylation sites (tertiary alicyclic amines) is 1. The van der Waals surface area contributed by atoms with Crippen LogP contribution < -0.4 is 14.8 Å². The summed E-state index contributed by atoms with van der Waals surface area (Å²) in [7, 11) is 1.55. The third-order valence-electron chi connectivity index (χ3n) is 8.96. The fourth-order valence-electron chi connectivity index (χ4n) is 6.20. The number of aromatic nitrogens is 2. The highest BCUT2D eigenvalue weighted by atomic mass is 35.5. The van der Waals surface area contributed by atoms with E-state index in [9.17, 15) is 14.4 Å². The lowest BCUT2D eigenvalue weighted by atomic mass is 9.85. The third-order valence-corrected chi connectivity index (χ3v) is 9.20. The van der Waals surface area contributed by atoms with Gasteiger partial charge in [-0.15, -0.1) is 6.58 Å². The van der Waals surface area contributed by atoms with Crippen molar-refractivity contribution in [3.8, 4) is 11.6 Å². The second-order valence-electron chi connectivity index (χ2n) is 14.7. The van der Waals surface area contributed by atoms with Crippen LogP contribution in [0.25, 0.3) is 11.0 Å². The highest BCUT2D eigenvalue weighted by Crippen LogP contribution is 2.52. The molecule has 6 atom stereocenters. The smallest absolute Gasteiger partial charge is 0.408 e. The molecule has 1 saturated carbocycles. The molecule has 1 aromatic carbocycles. The fraction of sp³-hybridized carbons (Fsp3) is 0.629. The second kappa shape index (κ2) is 13.9. The van der Waals surface area contributed by atoms with Crippen molar-refractivity contribution in [1.29, 1.82) is 0 Å². The Labute approximate surface area is 282 Å². The Kier molecular flexibility index (Phi) is 10.7. The predicted octanol–water partition coefficient (Wildman–Crippen LogP) is 6.50. The number of hydrogen-bond acceptors (Lipinski definition) is 9. The maximum Gasteiger partial charge on any atom is 0.408 e. The SMILES string of the molecule is C=CCCC1C[C@]1(CC)OC(=O)N[C@H](C(=O)N1C[C@H](Oc2nc3cc(OC)ccc3nc2Cl)[C@@H](C)[C@H]1C(=O)OC(C)(C)C)C(C)(C)C. The van der Waals surface area contributed by atoms with Crippen LogP contribution in [0.1, 0.15) is 81.1 Å². The molecular formula is C35H49ClN4O7. The van der Waals surface area contributed by atoms with Crippen LogP contribution in [0.5, 0.6) is 11.6 Å². The number of alkyl carbamates (subject to hydrolysis) is 1. The molecule has 12 heteroatoms. The Bertz CT molecular complexity index is 1500. The summed E-state index contributed by atoms with van der Waals surface area (Å²) in [6.07, 6.45) is 3.67. The summed E-state index contributed by atoms with van der Waals surface area (Å²) in [5.41, 5.74) is -1.02. The first-order valence-electron chi connectivity index (χ1n) is 16.2. The number of benzene rings is 1. The summed E-state index contributed by atoms with van der Waals surface area (Å²) in [5, 5.41) is 2.89. The molecule has 1 aliphatic carbocycles. The molecular weight excluding hydrogens is 624 g/mol. The van der Waals surface area contributed by atoms with Crippen LogP contribution in [-0.4, -0.2) is 75.9 Å². The van der Waals surface area contributed by atoms with Crippen LogP contribution in [0.15, 0.2) is 30.9 Å². The number of methoxy groups -OCH3 is 1. The van der Waals surface area contributed by atoms with Gasteiger partial charge >= 0.3 is 12.1 Å². The lowest BCUT2D eigenvalue weighted by Crippen LogP contribution is -2.58. The monoisotopic (exact) mass is 672 g/mol. The van der Waals surface area contributed by atoms with Gasteiger partial charge in [-0.05, 0) is 64.0 Å². The highest BCUT2D eigenvalue weighted by Gasteiger charge is 2.56. The molecule has 1 aliphatic heterocycles. The molecule has 2 aromatic rings. The number of rotatable bonds is 11. The first-order chi connectivity index (χ1) is 21.9. The standard InChI is InChI=1S/C35H49ClN4O7/c1-11-13-14-21-18-35(21,12-2)47-32(43)39-27(33(4,5)6)30(41)40-19-25(20(3)26(40)31(42)46-34(7,8)9)45-29-28(36)37-23-16-15-22(44-10)17-24(23)38-29/h11,15-17,20-21,25-27H,1,12-14,18-19H2,2-10H3,(H,39,43)/t20-,21?,25+,26+,27-,35+/m1/s1. The summed E-state index contributed by atoms with van der Waals surface area (Å²) in [6.45, 7) is 18.5. The molecule has 1 aromatic heterocycles. The van der Waals surface area contributed by atoms with E-state index in [1.807, 2.05) is 40.7 Å². The normalized spacial score (nSPS) is 24.8. The van der Waals surface area contributed by atoms with Crippen molar-refractivity contribution < 1.29 is 33.3 Å². The molecule has 4 rings (SSSR count). The minimum Gasteiger partial charge on any atom is -0.497 e. The zero-order valence-electron chi connectivity index (χ0n) is 29.0. The lowest BCUT2D eigenvalue weighted by molar-refractivity contribution is -0.165. The predicted molar refractivity (Wildman–Crippen MR) is 179 cm³/mol. The number of carbonyl (C=O) groups is 3. The van der Waals surface area contributed by atoms with Gasteiger partial charge in [-0.25, -0.2) is 19.6 Å². The molecule has 0 radical (unpaired) electrons. The Hall–Kier alpha value is -3.60. The van der Waals surface area contributed by atoms with Gasteiger partial charge < -0.3 is 29.2 Å². The summed E-state index contributed by atoms with van der Waals surface area (Å²) in [5.74, 6) is -0.646. The number of ether oxygens (including phenoxy) is 4. The van der Waals surface area contributed by atoms with E-state index in [-0.39, 0.29) is 23.5 Å². The van der Waals surface area contributed by atoms with Gasteiger partial charge in [-0.2, -0.15) is 0 Å². The van der Waals surface area contributed by atoms with Crippen molar-refractivity contribution in [3.05, 3.63) is 36.0 Å². The molecule has 258 valence electrons. The van der Waals surface area contributed by atoms with E-state index >= 15 is 0 Å². The second-order valence-corrected chi connectivity index (χ2v) is 15.0. The van der Waals surface area contributed by atoms with Crippen LogP contribution in [0.3, 0.4) is 0 Å². The van der Waals surface area contributed by atoms with E-state index in [2.05, 4.69) is 21.9 Å².